The van der Waals surface area contributed by atoms with E-state index in [-0.39, 0.29) is 36.3 Å². The number of primary amides is 2. The number of carbonyl (C=O) groups is 3. The number of nitrogens with two attached hydrogens (primary N) is 3. The maximum Gasteiger partial charge on any atom is 0.276 e. The molecule has 1 aliphatic rings. The minimum absolute atomic E-state index is 0.217. The summed E-state index contributed by atoms with van der Waals surface area (Å²) in [7, 11) is 3.25. The summed E-state index contributed by atoms with van der Waals surface area (Å²) in [5, 5.41) is 10.5. The third-order valence-electron chi connectivity index (χ3n) is 9.53. The van der Waals surface area contributed by atoms with Gasteiger partial charge in [0.2, 0.25) is 23.7 Å². The van der Waals surface area contributed by atoms with E-state index >= 15 is 0 Å². The highest BCUT2D eigenvalue weighted by molar-refractivity contribution is 6.04. The van der Waals surface area contributed by atoms with E-state index < -0.39 is 17.7 Å². The summed E-state index contributed by atoms with van der Waals surface area (Å²) in [6, 6.07) is 8.37. The van der Waals surface area contributed by atoms with E-state index in [2.05, 4.69) is 31.7 Å². The fourth-order valence-corrected chi connectivity index (χ4v) is 6.71. The quantitative estimate of drug-likeness (QED) is 0.0921. The highest BCUT2D eigenvalue weighted by Crippen LogP contribution is 2.33. The zero-order chi connectivity index (χ0) is 39.2. The molecule has 0 spiro atoms. The Bertz CT molecular complexity index is 2280. The fourth-order valence-electron chi connectivity index (χ4n) is 6.71. The highest BCUT2D eigenvalue weighted by atomic mass is 16.5. The van der Waals surface area contributed by atoms with E-state index in [1.807, 2.05) is 36.6 Å². The molecular formula is C38H48N12O5. The number of allylic oxidation sites excluding steroid dienone is 2. The van der Waals surface area contributed by atoms with Crippen molar-refractivity contribution in [2.24, 2.45) is 17.2 Å². The van der Waals surface area contributed by atoms with E-state index in [9.17, 15) is 14.4 Å². The lowest BCUT2D eigenvalue weighted by Gasteiger charge is -2.28. The average Bonchev–Trinajstić information content (AvgIpc) is 3.85. The molecule has 8 N–H and O–H groups in total. The van der Waals surface area contributed by atoms with Gasteiger partial charge in [-0.1, -0.05) is 24.3 Å². The van der Waals surface area contributed by atoms with Crippen LogP contribution in [0.2, 0.25) is 0 Å². The van der Waals surface area contributed by atoms with Crippen LogP contribution in [-0.2, 0) is 19.6 Å². The standard InChI is InChI=1S/C38H48N12O5/c1-5-50-29(18-23(2)46-50)36(53)45-38-44-27-19-24(34(40)51)21-30(54-4)32(27)49(38)14-7-6-13-48-33-28(43-37(48)42-3)20-25(35(41)52)22-31(33)55-17-9-8-12-47-15-10-26(39)11-16-47/h6-9,18-22,26H,5,10-17,39H2,1-4H3,(H2,40,51)(H2,41,52)(H,42,43)(H,44,45,53)/b7-6+,9-8+. The van der Waals surface area contributed by atoms with E-state index in [4.69, 9.17) is 31.7 Å². The molecule has 5 aromatic rings. The highest BCUT2D eigenvalue weighted by Gasteiger charge is 2.22. The maximum absolute atomic E-state index is 13.5. The SMILES string of the molecule is CCn1nc(C)cc1C(=O)Nc1nc2cc(C(N)=O)cc(OC)c2n1C/C=C/Cn1c(NC)nc2cc(C(N)=O)cc(OC/C=C/CN3CCC(N)CC3)c21. The normalized spacial score (nSPS) is 14.1. The van der Waals surface area contributed by atoms with Crippen LogP contribution in [-0.4, -0.2) is 97.9 Å². The molecule has 6 rings (SSSR count). The first-order valence-electron chi connectivity index (χ1n) is 18.2. The minimum atomic E-state index is -0.638. The molecule has 0 saturated carbocycles. The second-order valence-corrected chi connectivity index (χ2v) is 13.3. The maximum atomic E-state index is 13.5. The van der Waals surface area contributed by atoms with Crippen molar-refractivity contribution in [3.05, 3.63) is 77.2 Å². The molecule has 3 amide bonds. The molecule has 1 aliphatic heterocycles. The molecule has 290 valence electrons. The number of methoxy groups -OCH3 is 1. The number of anilines is 2. The Morgan fingerprint density at radius 3 is 2.04 bits per heavy atom. The molecule has 4 heterocycles. The van der Waals surface area contributed by atoms with Crippen LogP contribution in [0.4, 0.5) is 11.9 Å². The molecule has 0 atom stereocenters. The number of nitrogens with one attached hydrogen (secondary N) is 2. The number of hydrogen-bond donors (Lipinski definition) is 5. The number of carbonyl (C=O) groups excluding carboxylic acids is 3. The van der Waals surface area contributed by atoms with Crippen molar-refractivity contribution in [3.8, 4) is 11.5 Å². The third kappa shape index (κ3) is 8.47. The van der Waals surface area contributed by atoms with Crippen LogP contribution in [0, 0.1) is 6.92 Å². The van der Waals surface area contributed by atoms with Crippen molar-refractivity contribution in [1.82, 2.24) is 33.8 Å². The van der Waals surface area contributed by atoms with Crippen molar-refractivity contribution in [2.45, 2.75) is 52.4 Å². The van der Waals surface area contributed by atoms with Gasteiger partial charge < -0.3 is 41.1 Å². The first kappa shape index (κ1) is 38.5. The van der Waals surface area contributed by atoms with Crippen LogP contribution in [0.3, 0.4) is 0 Å². The number of nitrogens with zero attached hydrogens (tertiary/aromatic N) is 7. The Kier molecular flexibility index (Phi) is 11.8. The van der Waals surface area contributed by atoms with E-state index in [0.29, 0.717) is 64.0 Å². The van der Waals surface area contributed by atoms with E-state index in [1.165, 1.54) is 7.11 Å². The van der Waals surface area contributed by atoms with Crippen LogP contribution in [0.1, 0.15) is 56.7 Å². The number of hydrogen-bond acceptors (Lipinski definition) is 11. The molecule has 3 aromatic heterocycles. The number of likely N-dealkylation sites (tertiary alicyclic amines) is 1. The van der Waals surface area contributed by atoms with Gasteiger partial charge in [0.15, 0.2) is 0 Å². The predicted octanol–water partition coefficient (Wildman–Crippen LogP) is 3.03. The number of ether oxygens (including phenoxy) is 2. The average molecular weight is 753 g/mol. The van der Waals surface area contributed by atoms with Gasteiger partial charge >= 0.3 is 0 Å². The van der Waals surface area contributed by atoms with Gasteiger partial charge in [-0.05, 0) is 70.1 Å². The number of amides is 3. The Hall–Kier alpha value is -6.20. The molecule has 17 heteroatoms. The predicted molar refractivity (Wildman–Crippen MR) is 211 cm³/mol. The number of imidazole rings is 2. The molecular weight excluding hydrogens is 704 g/mol. The van der Waals surface area contributed by atoms with Crippen LogP contribution in [0.5, 0.6) is 11.5 Å². The first-order valence-corrected chi connectivity index (χ1v) is 18.2. The molecule has 0 unspecified atom stereocenters. The van der Waals surface area contributed by atoms with Gasteiger partial charge in [-0.3, -0.25) is 29.3 Å². The molecule has 0 bridgehead atoms. The Balaban J connectivity index is 1.28. The number of aromatic nitrogens is 6. The summed E-state index contributed by atoms with van der Waals surface area (Å²) < 4.78 is 17.2. The van der Waals surface area contributed by atoms with Crippen LogP contribution in [0.15, 0.2) is 54.6 Å². The molecule has 55 heavy (non-hydrogen) atoms. The Labute approximate surface area is 318 Å². The fraction of sp³-hybridized carbons (Fsp3) is 0.368. The summed E-state index contributed by atoms with van der Waals surface area (Å²) in [4.78, 5) is 49.7. The monoisotopic (exact) mass is 752 g/mol. The number of fused-ring (bicyclic) bond motifs is 2. The van der Waals surface area contributed by atoms with Crippen molar-refractivity contribution in [3.63, 3.8) is 0 Å². The van der Waals surface area contributed by atoms with Crippen LogP contribution < -0.4 is 37.3 Å². The summed E-state index contributed by atoms with van der Waals surface area (Å²) in [5.74, 6) is -0.00780. The largest absolute Gasteiger partial charge is 0.494 e. The van der Waals surface area contributed by atoms with Gasteiger partial charge in [-0.15, -0.1) is 0 Å². The van der Waals surface area contributed by atoms with Crippen molar-refractivity contribution in [2.75, 3.05) is 51.0 Å². The van der Waals surface area contributed by atoms with Gasteiger partial charge in [0.25, 0.3) is 5.91 Å². The second kappa shape index (κ2) is 16.9. The first-order chi connectivity index (χ1) is 26.5. The summed E-state index contributed by atoms with van der Waals surface area (Å²) in [5.41, 5.74) is 21.1. The van der Waals surface area contributed by atoms with Gasteiger partial charge in [0.1, 0.15) is 34.8 Å². The summed E-state index contributed by atoms with van der Waals surface area (Å²) >= 11 is 0. The zero-order valence-corrected chi connectivity index (χ0v) is 31.5. The molecule has 1 fully saturated rings. The number of aryl methyl sites for hydroxylation is 2. The molecule has 2 aromatic carbocycles. The number of benzene rings is 2. The summed E-state index contributed by atoms with van der Waals surface area (Å²) in [6.45, 7) is 7.86. The second-order valence-electron chi connectivity index (χ2n) is 13.3. The van der Waals surface area contributed by atoms with Crippen molar-refractivity contribution < 1.29 is 23.9 Å². The zero-order valence-electron chi connectivity index (χ0n) is 31.5. The van der Waals surface area contributed by atoms with E-state index in [0.717, 1.165) is 32.5 Å². The third-order valence-corrected chi connectivity index (χ3v) is 9.53. The lowest BCUT2D eigenvalue weighted by Crippen LogP contribution is -2.39. The number of piperidine rings is 1. The Morgan fingerprint density at radius 1 is 0.855 bits per heavy atom. The Morgan fingerprint density at radius 2 is 1.44 bits per heavy atom. The van der Waals surface area contributed by atoms with Gasteiger partial charge in [0, 0.05) is 50.4 Å². The van der Waals surface area contributed by atoms with E-state index in [1.54, 1.807) is 46.6 Å². The lowest BCUT2D eigenvalue weighted by molar-refractivity contribution is 0.0991. The molecule has 1 saturated heterocycles. The molecule has 0 aliphatic carbocycles. The van der Waals surface area contributed by atoms with Gasteiger partial charge in [-0.2, -0.15) is 5.10 Å². The smallest absolute Gasteiger partial charge is 0.276 e. The van der Waals surface area contributed by atoms with Crippen molar-refractivity contribution in [1.29, 1.82) is 0 Å². The lowest BCUT2D eigenvalue weighted by atomic mass is 10.1. The number of rotatable bonds is 16. The molecule has 0 radical (unpaired) electrons. The van der Waals surface area contributed by atoms with Gasteiger partial charge in [-0.25, -0.2) is 9.97 Å². The van der Waals surface area contributed by atoms with Gasteiger partial charge in [0.05, 0.1) is 23.8 Å². The van der Waals surface area contributed by atoms with Crippen molar-refractivity contribution >= 4 is 51.7 Å². The molecule has 17 nitrogen and oxygen atoms in total. The summed E-state index contributed by atoms with van der Waals surface area (Å²) in [6.07, 6.45) is 9.87. The van der Waals surface area contributed by atoms with Crippen LogP contribution in [0.25, 0.3) is 22.1 Å². The topological polar surface area (TPSA) is 228 Å². The van der Waals surface area contributed by atoms with Crippen LogP contribution >= 0.6 is 0 Å². The minimum Gasteiger partial charge on any atom is -0.494 e.